The maximum Gasteiger partial charge on any atom is 0.292 e. The molecular weight excluding hydrogens is 278 g/mol. The topological polar surface area (TPSA) is 105 Å². The molecule has 1 aliphatic rings. The Morgan fingerprint density at radius 3 is 2.90 bits per heavy atom. The lowest BCUT2D eigenvalue weighted by molar-refractivity contribution is -0.384. The summed E-state index contributed by atoms with van der Waals surface area (Å²) in [4.78, 5) is 23.7. The number of fused-ring (bicyclic) bond motifs is 1. The standard InChI is InChI=1S/C13H17N3O5/c1-15(6-9(17)7-21-2)11-5-10-8(4-13(18)14-10)3-12(11)16(19)20/h3,5,9,17H,4,6-7H2,1-2H3,(H,14,18). The average molecular weight is 295 g/mol. The van der Waals surface area contributed by atoms with E-state index in [9.17, 15) is 20.0 Å². The normalized spacial score (nSPS) is 14.5. The van der Waals surface area contributed by atoms with Crippen LogP contribution in [0.5, 0.6) is 0 Å². The molecule has 8 heteroatoms. The fourth-order valence-electron chi connectivity index (χ4n) is 2.36. The number of ether oxygens (including phenoxy) is 1. The molecule has 1 aromatic rings. The van der Waals surface area contributed by atoms with Crippen molar-refractivity contribution < 1.29 is 19.6 Å². The molecule has 114 valence electrons. The molecular formula is C13H17N3O5. The number of nitro benzene ring substituents is 1. The first-order valence-corrected chi connectivity index (χ1v) is 6.41. The van der Waals surface area contributed by atoms with Crippen LogP contribution in [-0.2, 0) is 16.0 Å². The largest absolute Gasteiger partial charge is 0.389 e. The molecule has 0 saturated heterocycles. The molecule has 0 bridgehead atoms. The molecule has 21 heavy (non-hydrogen) atoms. The summed E-state index contributed by atoms with van der Waals surface area (Å²) in [6.07, 6.45) is -0.616. The first-order chi connectivity index (χ1) is 9.92. The van der Waals surface area contributed by atoms with Crippen LogP contribution in [0.1, 0.15) is 5.56 Å². The highest BCUT2D eigenvalue weighted by atomic mass is 16.6. The number of aliphatic hydroxyl groups excluding tert-OH is 1. The third kappa shape index (κ3) is 3.29. The highest BCUT2D eigenvalue weighted by Crippen LogP contribution is 2.36. The first kappa shape index (κ1) is 15.2. The van der Waals surface area contributed by atoms with E-state index in [4.69, 9.17) is 4.74 Å². The Kier molecular flexibility index (Phi) is 4.39. The number of carbonyl (C=O) groups is 1. The van der Waals surface area contributed by atoms with E-state index in [0.717, 1.165) is 0 Å². The van der Waals surface area contributed by atoms with E-state index in [2.05, 4.69) is 5.32 Å². The Hall–Kier alpha value is -2.19. The molecule has 0 saturated carbocycles. The van der Waals surface area contributed by atoms with Gasteiger partial charge in [-0.15, -0.1) is 0 Å². The zero-order valence-electron chi connectivity index (χ0n) is 11.8. The van der Waals surface area contributed by atoms with Crippen LogP contribution >= 0.6 is 0 Å². The Bertz CT molecular complexity index is 575. The quantitative estimate of drug-likeness (QED) is 0.586. The summed E-state index contributed by atoms with van der Waals surface area (Å²) in [6.45, 7) is 0.321. The molecule has 0 radical (unpaired) electrons. The number of hydrogen-bond acceptors (Lipinski definition) is 6. The van der Waals surface area contributed by atoms with Gasteiger partial charge < -0.3 is 20.1 Å². The van der Waals surface area contributed by atoms with Gasteiger partial charge in [-0.1, -0.05) is 0 Å². The van der Waals surface area contributed by atoms with Crippen molar-refractivity contribution in [1.29, 1.82) is 0 Å². The van der Waals surface area contributed by atoms with E-state index in [1.165, 1.54) is 13.2 Å². The van der Waals surface area contributed by atoms with Crippen molar-refractivity contribution in [2.24, 2.45) is 0 Å². The molecule has 8 nitrogen and oxygen atoms in total. The molecule has 2 N–H and O–H groups in total. The van der Waals surface area contributed by atoms with Gasteiger partial charge in [0.25, 0.3) is 5.69 Å². The zero-order valence-corrected chi connectivity index (χ0v) is 11.8. The van der Waals surface area contributed by atoms with Gasteiger partial charge in [-0.05, 0) is 11.6 Å². The van der Waals surface area contributed by atoms with E-state index in [1.54, 1.807) is 18.0 Å². The predicted molar refractivity (Wildman–Crippen MR) is 76.6 cm³/mol. The number of anilines is 2. The van der Waals surface area contributed by atoms with E-state index >= 15 is 0 Å². The van der Waals surface area contributed by atoms with E-state index < -0.39 is 11.0 Å². The number of nitrogens with zero attached hydrogens (tertiary/aromatic N) is 2. The second-order valence-corrected chi connectivity index (χ2v) is 4.97. The molecule has 0 aromatic heterocycles. The lowest BCUT2D eigenvalue weighted by Crippen LogP contribution is -2.32. The molecule has 1 aromatic carbocycles. The number of nitro groups is 1. The highest BCUT2D eigenvalue weighted by molar-refractivity contribution is 6.00. The van der Waals surface area contributed by atoms with Crippen molar-refractivity contribution in [3.8, 4) is 0 Å². The van der Waals surface area contributed by atoms with Gasteiger partial charge in [-0.2, -0.15) is 0 Å². The van der Waals surface area contributed by atoms with E-state index in [-0.39, 0.29) is 31.2 Å². The number of carbonyl (C=O) groups excluding carboxylic acids is 1. The summed E-state index contributed by atoms with van der Waals surface area (Å²) in [6, 6.07) is 2.97. The number of hydrogen-bond donors (Lipinski definition) is 2. The van der Waals surface area contributed by atoms with Gasteiger partial charge in [0.05, 0.1) is 24.1 Å². The summed E-state index contributed by atoms with van der Waals surface area (Å²) in [5.41, 5.74) is 1.45. The van der Waals surface area contributed by atoms with Crippen molar-refractivity contribution in [3.63, 3.8) is 0 Å². The van der Waals surface area contributed by atoms with Crippen LogP contribution in [0.3, 0.4) is 0 Å². The summed E-state index contributed by atoms with van der Waals surface area (Å²) in [5, 5.41) is 23.6. The van der Waals surface area contributed by atoms with Crippen LogP contribution < -0.4 is 10.2 Å². The van der Waals surface area contributed by atoms with Crippen molar-refractivity contribution in [2.45, 2.75) is 12.5 Å². The molecule has 1 unspecified atom stereocenters. The van der Waals surface area contributed by atoms with Gasteiger partial charge in [0, 0.05) is 32.5 Å². The minimum Gasteiger partial charge on any atom is -0.389 e. The molecule has 1 heterocycles. The number of benzene rings is 1. The maximum atomic E-state index is 11.4. The lowest BCUT2D eigenvalue weighted by Gasteiger charge is -2.22. The van der Waals surface area contributed by atoms with E-state index in [1.807, 2.05) is 0 Å². The number of methoxy groups -OCH3 is 1. The maximum absolute atomic E-state index is 11.4. The van der Waals surface area contributed by atoms with Crippen molar-refractivity contribution in [1.82, 2.24) is 0 Å². The lowest BCUT2D eigenvalue weighted by atomic mass is 10.1. The van der Waals surface area contributed by atoms with Crippen LogP contribution in [0.2, 0.25) is 0 Å². The zero-order chi connectivity index (χ0) is 15.6. The van der Waals surface area contributed by atoms with Crippen molar-refractivity contribution in [3.05, 3.63) is 27.8 Å². The van der Waals surface area contributed by atoms with Gasteiger partial charge in [0.15, 0.2) is 0 Å². The number of nitrogens with one attached hydrogen (secondary N) is 1. The molecule has 0 aliphatic carbocycles. The van der Waals surface area contributed by atoms with Gasteiger partial charge in [-0.3, -0.25) is 14.9 Å². The first-order valence-electron chi connectivity index (χ1n) is 6.41. The molecule has 1 atom stereocenters. The van der Waals surface area contributed by atoms with Crippen LogP contribution in [0.4, 0.5) is 17.1 Å². The Labute approximate surface area is 121 Å². The molecule has 1 amide bonds. The number of amides is 1. The van der Waals surface area contributed by atoms with Crippen molar-refractivity contribution in [2.75, 3.05) is 37.5 Å². The van der Waals surface area contributed by atoms with Crippen LogP contribution in [-0.4, -0.2) is 49.4 Å². The number of rotatable bonds is 6. The Morgan fingerprint density at radius 1 is 1.57 bits per heavy atom. The fourth-order valence-corrected chi connectivity index (χ4v) is 2.36. The SMILES string of the molecule is COCC(O)CN(C)c1cc2c(cc1[N+](=O)[O-])CC(=O)N2. The molecule has 1 aliphatic heterocycles. The Morgan fingerprint density at radius 2 is 2.29 bits per heavy atom. The highest BCUT2D eigenvalue weighted by Gasteiger charge is 2.26. The van der Waals surface area contributed by atoms with Crippen molar-refractivity contribution >= 4 is 23.0 Å². The van der Waals surface area contributed by atoms with Crippen LogP contribution in [0, 0.1) is 10.1 Å². The van der Waals surface area contributed by atoms with Gasteiger partial charge in [0.1, 0.15) is 5.69 Å². The number of aliphatic hydroxyl groups is 1. The number of likely N-dealkylation sites (N-methyl/N-ethyl adjacent to an activating group) is 1. The summed E-state index contributed by atoms with van der Waals surface area (Å²) in [7, 11) is 3.11. The predicted octanol–water partition coefficient (Wildman–Crippen LogP) is 0.533. The minimum atomic E-state index is -0.762. The summed E-state index contributed by atoms with van der Waals surface area (Å²) < 4.78 is 4.84. The Balaban J connectivity index is 2.31. The molecule has 0 fully saturated rings. The van der Waals surface area contributed by atoms with Crippen LogP contribution in [0.15, 0.2) is 12.1 Å². The minimum absolute atomic E-state index is 0.0858. The second kappa shape index (κ2) is 6.06. The third-order valence-electron chi connectivity index (χ3n) is 3.28. The second-order valence-electron chi connectivity index (χ2n) is 4.97. The van der Waals surface area contributed by atoms with Gasteiger partial charge >= 0.3 is 0 Å². The van der Waals surface area contributed by atoms with E-state index in [0.29, 0.717) is 16.9 Å². The smallest absolute Gasteiger partial charge is 0.292 e. The fraction of sp³-hybridized carbons (Fsp3) is 0.462. The van der Waals surface area contributed by atoms with Gasteiger partial charge in [-0.25, -0.2) is 0 Å². The third-order valence-corrected chi connectivity index (χ3v) is 3.28. The summed E-state index contributed by atoms with van der Waals surface area (Å²) in [5.74, 6) is -0.182. The molecule has 0 spiro atoms. The molecule has 2 rings (SSSR count). The average Bonchev–Trinajstić information content (AvgIpc) is 2.76. The van der Waals surface area contributed by atoms with Crippen LogP contribution in [0.25, 0.3) is 0 Å². The van der Waals surface area contributed by atoms with Gasteiger partial charge in [0.2, 0.25) is 5.91 Å². The summed E-state index contributed by atoms with van der Waals surface area (Å²) >= 11 is 0. The monoisotopic (exact) mass is 295 g/mol.